The maximum atomic E-state index is 10.1. The third-order valence-corrected chi connectivity index (χ3v) is 1.79. The van der Waals surface area contributed by atoms with Gasteiger partial charge in [0.05, 0.1) is 0 Å². The van der Waals surface area contributed by atoms with E-state index in [-0.39, 0.29) is 7.58 Å². The fourth-order valence-electron chi connectivity index (χ4n) is 0.187. The van der Waals surface area contributed by atoms with Crippen molar-refractivity contribution in [2.75, 3.05) is 0 Å². The average molecular weight is 213 g/mol. The first-order chi connectivity index (χ1) is 3.13. The molecule has 1 radical (unpaired) electrons. The summed E-state index contributed by atoms with van der Waals surface area (Å²) in [5, 5.41) is 0. The van der Waals surface area contributed by atoms with Crippen LogP contribution in [0.25, 0.3) is 0 Å². The minimum Gasteiger partial charge on any atom is -0.288 e. The zero-order valence-corrected chi connectivity index (χ0v) is 6.35. The molecule has 0 aromatic rings. The third-order valence-electron chi connectivity index (χ3n) is 0.266. The molecule has 0 aliphatic heterocycles. The van der Waals surface area contributed by atoms with Crippen molar-refractivity contribution in [3.63, 3.8) is 0 Å². The highest BCUT2D eigenvalue weighted by Gasteiger charge is 1.95. The SMILES string of the molecule is CC(=O)[I]C(C)=O. The van der Waals surface area contributed by atoms with Gasteiger partial charge in [0.2, 0.25) is 0 Å². The van der Waals surface area contributed by atoms with Crippen molar-refractivity contribution < 1.29 is 9.59 Å². The second-order valence-corrected chi connectivity index (χ2v) is 4.61. The monoisotopic (exact) mass is 213 g/mol. The van der Waals surface area contributed by atoms with Crippen LogP contribution in [-0.4, -0.2) is 7.58 Å². The van der Waals surface area contributed by atoms with Gasteiger partial charge in [0.25, 0.3) is 0 Å². The van der Waals surface area contributed by atoms with Crippen LogP contribution < -0.4 is 0 Å². The number of hydrogen-bond donors (Lipinski definition) is 0. The van der Waals surface area contributed by atoms with Gasteiger partial charge in [0.1, 0.15) is 0 Å². The predicted octanol–water partition coefficient (Wildman–Crippen LogP) is 1.05. The lowest BCUT2D eigenvalue weighted by Crippen LogP contribution is -1.82. The van der Waals surface area contributed by atoms with Crippen LogP contribution in [-0.2, 0) is 9.59 Å². The van der Waals surface area contributed by atoms with Gasteiger partial charge >= 0.3 is 0 Å². The van der Waals surface area contributed by atoms with E-state index in [1.807, 2.05) is 0 Å². The van der Waals surface area contributed by atoms with Crippen molar-refractivity contribution in [1.82, 2.24) is 0 Å². The Hall–Kier alpha value is 0.0700. The fourth-order valence-corrected chi connectivity index (χ4v) is 1.26. The highest BCUT2D eigenvalue weighted by atomic mass is 127. The summed E-state index contributed by atoms with van der Waals surface area (Å²) in [6.45, 7) is 2.91. The summed E-state index contributed by atoms with van der Waals surface area (Å²) in [7, 11) is 0. The maximum Gasteiger partial charge on any atom is 0.187 e. The van der Waals surface area contributed by atoms with Crippen LogP contribution in [0, 0.1) is 0 Å². The van der Waals surface area contributed by atoms with E-state index in [0.717, 1.165) is 0 Å². The van der Waals surface area contributed by atoms with Crippen LogP contribution in [0.1, 0.15) is 13.8 Å². The van der Waals surface area contributed by atoms with Crippen LogP contribution in [0.3, 0.4) is 0 Å². The first-order valence-corrected chi connectivity index (χ1v) is 3.94. The number of halogens is 1. The number of carbonyl (C=O) groups excluding carboxylic acids is 2. The molecule has 0 spiro atoms. The molecule has 41 valence electrons. The Morgan fingerprint density at radius 3 is 1.43 bits per heavy atom. The number of rotatable bonds is 2. The standard InChI is InChI=1S/C4H6IO2/c1-3(6)5-4(2)7/h1-2H3. The molecule has 2 nitrogen and oxygen atoms in total. The van der Waals surface area contributed by atoms with Gasteiger partial charge in [-0.1, -0.05) is 0 Å². The van der Waals surface area contributed by atoms with Gasteiger partial charge in [0.15, 0.2) is 7.58 Å². The molecule has 0 N–H and O–H groups in total. The lowest BCUT2D eigenvalue weighted by Gasteiger charge is -1.80. The molecule has 0 aliphatic carbocycles. The van der Waals surface area contributed by atoms with E-state index < -0.39 is 21.2 Å². The molecule has 7 heavy (non-hydrogen) atoms. The van der Waals surface area contributed by atoms with Crippen molar-refractivity contribution in [2.45, 2.75) is 13.8 Å². The molecule has 3 heteroatoms. The lowest BCUT2D eigenvalue weighted by atomic mass is 11.0. The van der Waals surface area contributed by atoms with E-state index in [1.165, 1.54) is 13.8 Å². The molecule has 0 saturated heterocycles. The van der Waals surface area contributed by atoms with Crippen molar-refractivity contribution in [2.24, 2.45) is 0 Å². The summed E-state index contributed by atoms with van der Waals surface area (Å²) in [6, 6.07) is 0. The molecule has 0 unspecified atom stereocenters. The van der Waals surface area contributed by atoms with E-state index in [4.69, 9.17) is 0 Å². The average Bonchev–Trinajstić information content (AvgIpc) is 1.27. The van der Waals surface area contributed by atoms with Gasteiger partial charge < -0.3 is 0 Å². The highest BCUT2D eigenvalue weighted by Crippen LogP contribution is 2.10. The Morgan fingerprint density at radius 1 is 1.14 bits per heavy atom. The summed E-state index contributed by atoms with van der Waals surface area (Å²) in [5.74, 6) is 0. The van der Waals surface area contributed by atoms with Gasteiger partial charge in [0, 0.05) is 35.1 Å². The van der Waals surface area contributed by atoms with Crippen molar-refractivity contribution in [1.29, 1.82) is 0 Å². The molecule has 0 fully saturated rings. The molecule has 0 heterocycles. The Kier molecular flexibility index (Phi) is 3.15. The van der Waals surface area contributed by atoms with E-state index in [0.29, 0.717) is 0 Å². The molecule has 0 amide bonds. The van der Waals surface area contributed by atoms with Crippen LogP contribution in [0.2, 0.25) is 0 Å². The molecule has 0 aromatic heterocycles. The minimum atomic E-state index is -0.772. The van der Waals surface area contributed by atoms with Gasteiger partial charge in [-0.2, -0.15) is 0 Å². The number of hydrogen-bond acceptors (Lipinski definition) is 2. The maximum absolute atomic E-state index is 10.1. The number of carbonyl (C=O) groups is 2. The minimum absolute atomic E-state index is 0.0475. The Labute approximate surface area is 52.5 Å². The van der Waals surface area contributed by atoms with Crippen LogP contribution in [0.4, 0.5) is 0 Å². The summed E-state index contributed by atoms with van der Waals surface area (Å²) >= 11 is -0.772. The topological polar surface area (TPSA) is 34.1 Å². The van der Waals surface area contributed by atoms with Crippen molar-refractivity contribution in [3.8, 4) is 0 Å². The van der Waals surface area contributed by atoms with E-state index in [9.17, 15) is 9.59 Å². The van der Waals surface area contributed by atoms with E-state index in [2.05, 4.69) is 0 Å². The molecule has 0 atom stereocenters. The quantitative estimate of drug-likeness (QED) is 0.507. The second-order valence-electron chi connectivity index (χ2n) is 1.04. The molecular weight excluding hydrogens is 207 g/mol. The van der Waals surface area contributed by atoms with E-state index >= 15 is 0 Å². The largest absolute Gasteiger partial charge is 0.288 e. The first-order valence-electron chi connectivity index (χ1n) is 1.79. The predicted molar refractivity (Wildman–Crippen MR) is 35.4 cm³/mol. The Bertz CT molecular complexity index is 85.9. The third kappa shape index (κ3) is 6.07. The second kappa shape index (κ2) is 3.12. The van der Waals surface area contributed by atoms with Crippen molar-refractivity contribution >= 4 is 28.8 Å². The molecular formula is C4H6IO2. The van der Waals surface area contributed by atoms with Crippen LogP contribution in [0.5, 0.6) is 0 Å². The van der Waals surface area contributed by atoms with Gasteiger partial charge in [-0.25, -0.2) is 0 Å². The Balaban J connectivity index is 3.32. The van der Waals surface area contributed by atoms with E-state index in [1.54, 1.807) is 0 Å². The molecule has 0 bridgehead atoms. The molecule has 0 aromatic carbocycles. The van der Waals surface area contributed by atoms with Crippen LogP contribution >= 0.6 is 21.2 Å². The normalized spacial score (nSPS) is 8.29. The lowest BCUT2D eigenvalue weighted by molar-refractivity contribution is -0.108. The van der Waals surface area contributed by atoms with Crippen LogP contribution in [0.15, 0.2) is 0 Å². The first kappa shape index (κ1) is 7.07. The summed E-state index contributed by atoms with van der Waals surface area (Å²) in [6.07, 6.45) is 0. The highest BCUT2D eigenvalue weighted by molar-refractivity contribution is 14.2. The molecule has 0 rings (SSSR count). The Morgan fingerprint density at radius 2 is 1.43 bits per heavy atom. The zero-order chi connectivity index (χ0) is 5.86. The molecule has 0 aliphatic rings. The molecule has 0 saturated carbocycles. The van der Waals surface area contributed by atoms with Gasteiger partial charge in [-0.05, 0) is 0 Å². The van der Waals surface area contributed by atoms with Gasteiger partial charge in [-0.3, -0.25) is 9.59 Å². The van der Waals surface area contributed by atoms with Gasteiger partial charge in [-0.15, -0.1) is 0 Å². The summed E-state index contributed by atoms with van der Waals surface area (Å²) < 4.78 is 0.0950. The fraction of sp³-hybridized carbons (Fsp3) is 0.500. The van der Waals surface area contributed by atoms with Crippen molar-refractivity contribution in [3.05, 3.63) is 0 Å². The smallest absolute Gasteiger partial charge is 0.187 e. The summed E-state index contributed by atoms with van der Waals surface area (Å²) in [4.78, 5) is 20.2. The summed E-state index contributed by atoms with van der Waals surface area (Å²) in [5.41, 5.74) is 0. The zero-order valence-electron chi connectivity index (χ0n) is 4.19.